The number of hydrogen-bond acceptors (Lipinski definition) is 3. The van der Waals surface area contributed by atoms with Gasteiger partial charge in [-0.25, -0.2) is 4.98 Å². The molecule has 1 aromatic carbocycles. The average molecular weight is 305 g/mol. The zero-order valence-electron chi connectivity index (χ0n) is 11.7. The highest BCUT2D eigenvalue weighted by Gasteiger charge is 2.18. The predicted octanol–water partition coefficient (Wildman–Crippen LogP) is 2.02. The minimum absolute atomic E-state index is 0.162. The summed E-state index contributed by atoms with van der Waals surface area (Å²) in [4.78, 5) is 18.3. The summed E-state index contributed by atoms with van der Waals surface area (Å²) < 4.78 is 0. The quantitative estimate of drug-likeness (QED) is 0.943. The number of carbonyl (C=O) groups is 1. The molecular weight excluding hydrogens is 288 g/mol. The third-order valence-corrected chi connectivity index (χ3v) is 4.02. The van der Waals surface area contributed by atoms with E-state index in [4.69, 9.17) is 11.6 Å². The number of H-pyrrole nitrogens is 1. The highest BCUT2D eigenvalue weighted by molar-refractivity contribution is 6.28. The lowest BCUT2D eigenvalue weighted by Gasteiger charge is -2.19. The molecular formula is C15H17ClN4O. The van der Waals surface area contributed by atoms with Gasteiger partial charge in [0, 0.05) is 25.9 Å². The second-order valence-corrected chi connectivity index (χ2v) is 5.54. The van der Waals surface area contributed by atoms with Gasteiger partial charge in [0.1, 0.15) is 5.82 Å². The number of rotatable bonds is 3. The first-order valence-electron chi connectivity index (χ1n) is 7.14. The van der Waals surface area contributed by atoms with Gasteiger partial charge in [0.15, 0.2) is 0 Å². The maximum absolute atomic E-state index is 12.3. The van der Waals surface area contributed by atoms with Crippen LogP contribution in [0.1, 0.15) is 23.4 Å². The summed E-state index contributed by atoms with van der Waals surface area (Å²) in [5, 5.41) is 6.68. The van der Waals surface area contributed by atoms with E-state index in [1.54, 1.807) is 0 Å². The van der Waals surface area contributed by atoms with Gasteiger partial charge in [0.2, 0.25) is 11.2 Å². The number of aromatic amines is 1. The molecule has 0 radical (unpaired) electrons. The molecule has 5 nitrogen and oxygen atoms in total. The number of nitrogens with one attached hydrogen (secondary N) is 1. The molecule has 6 heteroatoms. The molecule has 0 bridgehead atoms. The molecule has 21 heavy (non-hydrogen) atoms. The smallest absolute Gasteiger partial charge is 0.242 e. The number of halogens is 1. The van der Waals surface area contributed by atoms with Gasteiger partial charge in [-0.05, 0) is 35.6 Å². The Kier molecular flexibility index (Phi) is 4.20. The lowest BCUT2D eigenvalue weighted by Crippen LogP contribution is -2.33. The van der Waals surface area contributed by atoms with Crippen LogP contribution in [0, 0.1) is 0 Å². The molecule has 2 heterocycles. The van der Waals surface area contributed by atoms with E-state index < -0.39 is 0 Å². The highest BCUT2D eigenvalue weighted by Crippen LogP contribution is 2.16. The Morgan fingerprint density at radius 1 is 1.24 bits per heavy atom. The highest BCUT2D eigenvalue weighted by atomic mass is 35.5. The fourth-order valence-electron chi connectivity index (χ4n) is 2.68. The third-order valence-electron chi connectivity index (χ3n) is 3.85. The number of carbonyl (C=O) groups excluding carboxylic acids is 1. The molecule has 0 spiro atoms. The van der Waals surface area contributed by atoms with Crippen LogP contribution >= 0.6 is 11.6 Å². The molecule has 0 unspecified atom stereocenters. The van der Waals surface area contributed by atoms with Gasteiger partial charge in [-0.2, -0.15) is 0 Å². The number of aromatic nitrogens is 3. The summed E-state index contributed by atoms with van der Waals surface area (Å²) in [5.41, 5.74) is 2.71. The van der Waals surface area contributed by atoms with Crippen LogP contribution < -0.4 is 0 Å². The number of amides is 1. The van der Waals surface area contributed by atoms with Crippen LogP contribution in [0.2, 0.25) is 5.28 Å². The Bertz CT molecular complexity index is 613. The van der Waals surface area contributed by atoms with Crippen LogP contribution in [0.25, 0.3) is 0 Å². The van der Waals surface area contributed by atoms with E-state index in [9.17, 15) is 4.79 Å². The van der Waals surface area contributed by atoms with Crippen molar-refractivity contribution in [2.45, 2.75) is 25.7 Å². The van der Waals surface area contributed by atoms with E-state index in [1.165, 1.54) is 11.1 Å². The summed E-state index contributed by atoms with van der Waals surface area (Å²) >= 11 is 5.65. The van der Waals surface area contributed by atoms with Crippen LogP contribution in [0.3, 0.4) is 0 Å². The normalized spacial score (nSPS) is 14.6. The molecule has 110 valence electrons. The Hall–Kier alpha value is -1.88. The molecule has 0 aliphatic carbocycles. The van der Waals surface area contributed by atoms with Crippen molar-refractivity contribution in [2.75, 3.05) is 13.1 Å². The Labute approximate surface area is 128 Å². The van der Waals surface area contributed by atoms with Gasteiger partial charge in [-0.15, -0.1) is 5.10 Å². The first-order valence-corrected chi connectivity index (χ1v) is 7.51. The van der Waals surface area contributed by atoms with Crippen molar-refractivity contribution in [1.29, 1.82) is 0 Å². The van der Waals surface area contributed by atoms with Gasteiger partial charge in [-0.3, -0.25) is 9.89 Å². The molecule has 1 aromatic heterocycles. The van der Waals surface area contributed by atoms with E-state index >= 15 is 0 Å². The van der Waals surface area contributed by atoms with Gasteiger partial charge >= 0.3 is 0 Å². The number of fused-ring (bicyclic) bond motifs is 1. The second-order valence-electron chi connectivity index (χ2n) is 5.20. The fourth-order valence-corrected chi connectivity index (χ4v) is 2.83. The van der Waals surface area contributed by atoms with E-state index in [-0.39, 0.29) is 11.2 Å². The monoisotopic (exact) mass is 304 g/mol. The zero-order chi connectivity index (χ0) is 14.7. The van der Waals surface area contributed by atoms with Gasteiger partial charge < -0.3 is 4.90 Å². The van der Waals surface area contributed by atoms with Crippen LogP contribution in [0.15, 0.2) is 24.3 Å². The average Bonchev–Trinajstić information content (AvgIpc) is 2.79. The first kappa shape index (κ1) is 14.1. The summed E-state index contributed by atoms with van der Waals surface area (Å²) in [6.45, 7) is 1.57. The lowest BCUT2D eigenvalue weighted by atomic mass is 10.0. The van der Waals surface area contributed by atoms with Crippen molar-refractivity contribution in [3.05, 3.63) is 46.5 Å². The first-order chi connectivity index (χ1) is 10.2. The standard InChI is InChI=1S/C15H17ClN4O/c16-15-17-13(18-19-15)5-6-14(21)20-9-7-11-3-1-2-4-12(11)8-10-20/h1-4H,5-10H2,(H,17,18,19). The van der Waals surface area contributed by atoms with Crippen molar-refractivity contribution in [1.82, 2.24) is 20.1 Å². The molecule has 1 aliphatic heterocycles. The fraction of sp³-hybridized carbons (Fsp3) is 0.400. The minimum Gasteiger partial charge on any atom is -0.342 e. The summed E-state index contributed by atoms with van der Waals surface area (Å²) in [7, 11) is 0. The van der Waals surface area contributed by atoms with E-state index in [2.05, 4.69) is 39.4 Å². The van der Waals surface area contributed by atoms with Gasteiger partial charge in [-0.1, -0.05) is 24.3 Å². The molecule has 2 aromatic rings. The van der Waals surface area contributed by atoms with Crippen LogP contribution in [-0.2, 0) is 24.1 Å². The molecule has 0 saturated heterocycles. The van der Waals surface area contributed by atoms with Gasteiger partial charge in [0.05, 0.1) is 0 Å². The van der Waals surface area contributed by atoms with E-state index in [1.807, 2.05) is 4.90 Å². The maximum Gasteiger partial charge on any atom is 0.242 e. The number of benzene rings is 1. The van der Waals surface area contributed by atoms with Crippen molar-refractivity contribution in [3.63, 3.8) is 0 Å². The maximum atomic E-state index is 12.3. The molecule has 3 rings (SSSR count). The number of aryl methyl sites for hydroxylation is 1. The van der Waals surface area contributed by atoms with Crippen molar-refractivity contribution < 1.29 is 4.79 Å². The molecule has 0 fully saturated rings. The molecule has 0 atom stereocenters. The third kappa shape index (κ3) is 3.42. The number of hydrogen-bond donors (Lipinski definition) is 1. The van der Waals surface area contributed by atoms with Crippen LogP contribution in [0.5, 0.6) is 0 Å². The Morgan fingerprint density at radius 2 is 1.90 bits per heavy atom. The molecule has 1 aliphatic rings. The summed E-state index contributed by atoms with van der Waals surface area (Å²) in [6.07, 6.45) is 2.83. The van der Waals surface area contributed by atoms with Crippen LogP contribution in [-0.4, -0.2) is 39.1 Å². The lowest BCUT2D eigenvalue weighted by molar-refractivity contribution is -0.131. The topological polar surface area (TPSA) is 61.9 Å². The van der Waals surface area contributed by atoms with Crippen molar-refractivity contribution in [3.8, 4) is 0 Å². The van der Waals surface area contributed by atoms with Crippen molar-refractivity contribution in [2.24, 2.45) is 0 Å². The summed E-state index contributed by atoms with van der Waals surface area (Å²) in [5.74, 6) is 0.821. The summed E-state index contributed by atoms with van der Waals surface area (Å²) in [6, 6.07) is 8.42. The zero-order valence-corrected chi connectivity index (χ0v) is 12.4. The minimum atomic E-state index is 0.162. The predicted molar refractivity (Wildman–Crippen MR) is 80.1 cm³/mol. The molecule has 0 saturated carbocycles. The Balaban J connectivity index is 1.56. The number of nitrogens with zero attached hydrogens (tertiary/aromatic N) is 3. The SMILES string of the molecule is O=C(CCc1nc(Cl)n[nH]1)N1CCc2ccccc2CC1. The molecule has 1 amide bonds. The van der Waals surface area contributed by atoms with Crippen molar-refractivity contribution >= 4 is 17.5 Å². The van der Waals surface area contributed by atoms with E-state index in [0.717, 1.165) is 25.9 Å². The van der Waals surface area contributed by atoms with Gasteiger partial charge in [0.25, 0.3) is 0 Å². The second kappa shape index (κ2) is 6.26. The largest absolute Gasteiger partial charge is 0.342 e. The molecule has 1 N–H and O–H groups in total. The van der Waals surface area contributed by atoms with Crippen LogP contribution in [0.4, 0.5) is 0 Å². The van der Waals surface area contributed by atoms with E-state index in [0.29, 0.717) is 18.7 Å². The Morgan fingerprint density at radius 3 is 2.48 bits per heavy atom.